The van der Waals surface area contributed by atoms with Crippen LogP contribution in [0.5, 0.6) is 0 Å². The van der Waals surface area contributed by atoms with E-state index >= 15 is 0 Å². The van der Waals surface area contributed by atoms with Gasteiger partial charge in [0, 0.05) is 6.54 Å². The van der Waals surface area contributed by atoms with Crippen molar-refractivity contribution in [1.29, 1.82) is 0 Å². The number of hydrogen-bond acceptors (Lipinski definition) is 6. The third-order valence-corrected chi connectivity index (χ3v) is 2.55. The number of carbonyl (C=O) groups excluding carboxylic acids is 2. The van der Waals surface area contributed by atoms with Crippen molar-refractivity contribution in [2.24, 2.45) is 11.8 Å². The van der Waals surface area contributed by atoms with Gasteiger partial charge in [-0.2, -0.15) is 0 Å². The molecule has 0 aromatic carbocycles. The molecule has 98 valence electrons. The Kier molecular flexibility index (Phi) is 4.11. The van der Waals surface area contributed by atoms with Gasteiger partial charge in [-0.05, 0) is 27.2 Å². The van der Waals surface area contributed by atoms with Crippen molar-refractivity contribution >= 4 is 11.9 Å². The minimum atomic E-state index is -0.558. The molecular weight excluding hydrogens is 224 g/mol. The first-order valence-corrected chi connectivity index (χ1v) is 5.56. The predicted octanol–water partition coefficient (Wildman–Crippen LogP) is 0.0653. The zero-order chi connectivity index (χ0) is 13.2. The number of ether oxygens (including phenoxy) is 2. The molecule has 1 aliphatic rings. The van der Waals surface area contributed by atoms with Crippen LogP contribution in [0, 0.1) is 5.92 Å². The maximum Gasteiger partial charge on any atom is 0.324 e. The van der Waals surface area contributed by atoms with Gasteiger partial charge in [-0.15, -0.1) is 0 Å². The molecule has 0 radical (unpaired) electrons. The molecule has 0 aromatic heterocycles. The highest BCUT2D eigenvalue weighted by Gasteiger charge is 2.40. The summed E-state index contributed by atoms with van der Waals surface area (Å²) in [6, 6.07) is -0.558. The number of methoxy groups -OCH3 is 1. The van der Waals surface area contributed by atoms with E-state index < -0.39 is 17.6 Å². The molecular formula is C11H20N2O4. The molecule has 1 heterocycles. The predicted molar refractivity (Wildman–Crippen MR) is 60.6 cm³/mol. The molecule has 0 aromatic rings. The lowest BCUT2D eigenvalue weighted by Crippen LogP contribution is -2.41. The first kappa shape index (κ1) is 13.9. The normalized spacial score (nSPS) is 25.7. The van der Waals surface area contributed by atoms with Gasteiger partial charge in [0.2, 0.25) is 0 Å². The average Bonchev–Trinajstić information content (AvgIpc) is 2.57. The molecule has 1 rings (SSSR count). The topological polar surface area (TPSA) is 81.9 Å². The molecule has 0 aliphatic carbocycles. The molecule has 0 bridgehead atoms. The number of hydrazine groups is 1. The van der Waals surface area contributed by atoms with Gasteiger partial charge in [0.05, 0.1) is 13.0 Å². The average molecular weight is 244 g/mol. The molecule has 17 heavy (non-hydrogen) atoms. The fourth-order valence-electron chi connectivity index (χ4n) is 1.78. The Morgan fingerprint density at radius 2 is 1.88 bits per heavy atom. The van der Waals surface area contributed by atoms with Crippen molar-refractivity contribution in [3.05, 3.63) is 0 Å². The summed E-state index contributed by atoms with van der Waals surface area (Å²) in [4.78, 5) is 23.2. The van der Waals surface area contributed by atoms with E-state index in [1.807, 2.05) is 0 Å². The second kappa shape index (κ2) is 5.01. The van der Waals surface area contributed by atoms with E-state index in [1.165, 1.54) is 12.1 Å². The van der Waals surface area contributed by atoms with E-state index in [0.717, 1.165) is 0 Å². The fraction of sp³-hybridized carbons (Fsp3) is 0.818. The van der Waals surface area contributed by atoms with Crippen molar-refractivity contribution in [2.75, 3.05) is 13.7 Å². The molecule has 0 amide bonds. The molecule has 2 N–H and O–H groups in total. The van der Waals surface area contributed by atoms with Crippen LogP contribution in [0.3, 0.4) is 0 Å². The van der Waals surface area contributed by atoms with Crippen LogP contribution in [0.15, 0.2) is 0 Å². The van der Waals surface area contributed by atoms with Crippen LogP contribution >= 0.6 is 0 Å². The highest BCUT2D eigenvalue weighted by Crippen LogP contribution is 2.24. The van der Waals surface area contributed by atoms with E-state index in [0.29, 0.717) is 13.0 Å². The van der Waals surface area contributed by atoms with Crippen LogP contribution in [-0.4, -0.2) is 42.2 Å². The summed E-state index contributed by atoms with van der Waals surface area (Å²) in [5, 5.41) is 1.33. The summed E-state index contributed by atoms with van der Waals surface area (Å²) in [5.41, 5.74) is -0.528. The Bertz CT molecular complexity index is 311. The van der Waals surface area contributed by atoms with Crippen LogP contribution in [-0.2, 0) is 19.1 Å². The lowest BCUT2D eigenvalue weighted by molar-refractivity contribution is -0.159. The molecule has 1 saturated heterocycles. The van der Waals surface area contributed by atoms with Gasteiger partial charge < -0.3 is 9.47 Å². The smallest absolute Gasteiger partial charge is 0.324 e. The maximum absolute atomic E-state index is 11.8. The highest BCUT2D eigenvalue weighted by molar-refractivity contribution is 5.79. The fourth-order valence-corrected chi connectivity index (χ4v) is 1.78. The summed E-state index contributed by atoms with van der Waals surface area (Å²) in [6.07, 6.45) is 0.345. The molecule has 0 spiro atoms. The molecule has 2 atom stereocenters. The minimum absolute atomic E-state index is 0.314. The summed E-state index contributed by atoms with van der Waals surface area (Å²) in [7, 11) is 1.30. The zero-order valence-electron chi connectivity index (χ0n) is 10.7. The third-order valence-electron chi connectivity index (χ3n) is 2.55. The van der Waals surface area contributed by atoms with Crippen LogP contribution in [0.4, 0.5) is 0 Å². The molecule has 6 nitrogen and oxygen atoms in total. The monoisotopic (exact) mass is 244 g/mol. The summed E-state index contributed by atoms with van der Waals surface area (Å²) in [6.45, 7) is 5.72. The molecule has 0 saturated carbocycles. The summed E-state index contributed by atoms with van der Waals surface area (Å²) < 4.78 is 9.88. The summed E-state index contributed by atoms with van der Waals surface area (Å²) in [5.74, 6) is 4.56. The first-order chi connectivity index (χ1) is 7.74. The number of nitrogens with zero attached hydrogens (tertiary/aromatic N) is 1. The van der Waals surface area contributed by atoms with E-state index in [9.17, 15) is 9.59 Å². The summed E-state index contributed by atoms with van der Waals surface area (Å²) >= 11 is 0. The van der Waals surface area contributed by atoms with Crippen molar-refractivity contribution in [1.82, 2.24) is 5.01 Å². The minimum Gasteiger partial charge on any atom is -0.468 e. The van der Waals surface area contributed by atoms with E-state index in [-0.39, 0.29) is 11.9 Å². The Hall–Kier alpha value is -1.14. The van der Waals surface area contributed by atoms with Gasteiger partial charge in [0.1, 0.15) is 11.6 Å². The van der Waals surface area contributed by atoms with Crippen molar-refractivity contribution in [3.63, 3.8) is 0 Å². The number of esters is 2. The lowest BCUT2D eigenvalue weighted by atomic mass is 10.1. The number of rotatable bonds is 2. The van der Waals surface area contributed by atoms with Gasteiger partial charge in [0.25, 0.3) is 0 Å². The largest absolute Gasteiger partial charge is 0.468 e. The SMILES string of the molecule is COC(=O)[C@H]1C[C@H](C(=O)OC(C)(C)C)CN1N. The maximum atomic E-state index is 11.8. The van der Waals surface area contributed by atoms with Crippen molar-refractivity contribution in [3.8, 4) is 0 Å². The van der Waals surface area contributed by atoms with Gasteiger partial charge >= 0.3 is 11.9 Å². The number of hydrogen-bond donors (Lipinski definition) is 1. The highest BCUT2D eigenvalue weighted by atomic mass is 16.6. The Morgan fingerprint density at radius 3 is 2.35 bits per heavy atom. The molecule has 0 unspecified atom stereocenters. The van der Waals surface area contributed by atoms with Gasteiger partial charge in [0.15, 0.2) is 0 Å². The quantitative estimate of drug-likeness (QED) is 0.546. The number of nitrogens with two attached hydrogens (primary N) is 1. The van der Waals surface area contributed by atoms with Crippen LogP contribution in [0.1, 0.15) is 27.2 Å². The molecule has 1 aliphatic heterocycles. The standard InChI is InChI=1S/C11H20N2O4/c1-11(2,3)17-9(14)7-5-8(10(15)16-4)13(12)6-7/h7-8H,5-6,12H2,1-4H3/t7-,8+/m0/s1. The van der Waals surface area contributed by atoms with Gasteiger partial charge in [-0.3, -0.25) is 15.4 Å². The van der Waals surface area contributed by atoms with Crippen LogP contribution in [0.2, 0.25) is 0 Å². The van der Waals surface area contributed by atoms with E-state index in [4.69, 9.17) is 10.6 Å². The number of carbonyl (C=O) groups is 2. The van der Waals surface area contributed by atoms with Crippen molar-refractivity contribution < 1.29 is 19.1 Å². The van der Waals surface area contributed by atoms with Gasteiger partial charge in [-0.25, -0.2) is 5.01 Å². The second-order valence-electron chi connectivity index (χ2n) is 5.20. The van der Waals surface area contributed by atoms with E-state index in [1.54, 1.807) is 20.8 Å². The third kappa shape index (κ3) is 3.67. The Labute approximate surface area is 101 Å². The van der Waals surface area contributed by atoms with Crippen LogP contribution < -0.4 is 5.84 Å². The zero-order valence-corrected chi connectivity index (χ0v) is 10.7. The Morgan fingerprint density at radius 1 is 1.29 bits per heavy atom. The molecule has 6 heteroatoms. The molecule has 1 fully saturated rings. The Balaban J connectivity index is 2.60. The van der Waals surface area contributed by atoms with Crippen LogP contribution in [0.25, 0.3) is 0 Å². The lowest BCUT2D eigenvalue weighted by Gasteiger charge is -2.21. The second-order valence-corrected chi connectivity index (χ2v) is 5.20. The first-order valence-electron chi connectivity index (χ1n) is 5.56. The van der Waals surface area contributed by atoms with Gasteiger partial charge in [-0.1, -0.05) is 0 Å². The van der Waals surface area contributed by atoms with E-state index in [2.05, 4.69) is 4.74 Å². The van der Waals surface area contributed by atoms with Crippen molar-refractivity contribution in [2.45, 2.75) is 38.8 Å².